The number of hydrogen-bond acceptors (Lipinski definition) is 1. The topological polar surface area (TPSA) is 35.0 Å². The van der Waals surface area contributed by atoms with Crippen molar-refractivity contribution in [3.8, 4) is 0 Å². The van der Waals surface area contributed by atoms with Crippen molar-refractivity contribution in [3.05, 3.63) is 0 Å². The van der Waals surface area contributed by atoms with Crippen molar-refractivity contribution in [1.29, 1.82) is 0 Å². The molecule has 0 aliphatic carbocycles. The van der Waals surface area contributed by atoms with Gasteiger partial charge in [0.2, 0.25) is 0 Å². The standard InChI is InChI=1S/C3H6Br2.ClH.H3N/c1-3(5)2-4;;/h3H,2H2,1H3;1H;1H3. The van der Waals surface area contributed by atoms with Crippen molar-refractivity contribution in [3.63, 3.8) is 0 Å². The zero-order valence-corrected chi connectivity index (χ0v) is 8.14. The zero-order valence-electron chi connectivity index (χ0n) is 4.16. The molecule has 1 atom stereocenters. The number of hydrogen-bond donors (Lipinski definition) is 1. The summed E-state index contributed by atoms with van der Waals surface area (Å²) in [7, 11) is 0. The quantitative estimate of drug-likeness (QED) is 0.718. The summed E-state index contributed by atoms with van der Waals surface area (Å²) in [6.45, 7) is 2.09. The van der Waals surface area contributed by atoms with Crippen LogP contribution in [0.2, 0.25) is 0 Å². The van der Waals surface area contributed by atoms with Gasteiger partial charge in [0.15, 0.2) is 0 Å². The van der Waals surface area contributed by atoms with Crippen molar-refractivity contribution >= 4 is 44.3 Å². The maximum Gasteiger partial charge on any atom is 0.0214 e. The van der Waals surface area contributed by atoms with E-state index in [1.54, 1.807) is 0 Å². The van der Waals surface area contributed by atoms with Gasteiger partial charge in [-0.15, -0.1) is 12.4 Å². The van der Waals surface area contributed by atoms with Gasteiger partial charge in [0.1, 0.15) is 0 Å². The molecule has 4 heteroatoms. The highest BCUT2D eigenvalue weighted by Crippen LogP contribution is 1.99. The molecule has 0 saturated carbocycles. The lowest BCUT2D eigenvalue weighted by molar-refractivity contribution is 1.17. The Kier molecular flexibility index (Phi) is 23.0. The van der Waals surface area contributed by atoms with Gasteiger partial charge >= 0.3 is 0 Å². The van der Waals surface area contributed by atoms with Gasteiger partial charge in [0.05, 0.1) is 0 Å². The van der Waals surface area contributed by atoms with Crippen LogP contribution in [0.15, 0.2) is 0 Å². The molecule has 7 heavy (non-hydrogen) atoms. The average Bonchev–Trinajstić information content (AvgIpc) is 1.38. The molecule has 0 aliphatic rings. The Hall–Kier alpha value is 1.21. The fraction of sp³-hybridized carbons (Fsp3) is 1.00. The second-order valence-corrected chi connectivity index (χ2v) is 3.15. The van der Waals surface area contributed by atoms with E-state index in [1.165, 1.54) is 0 Å². The van der Waals surface area contributed by atoms with Gasteiger partial charge in [-0.3, -0.25) is 0 Å². The Balaban J connectivity index is -0.0000000800. The van der Waals surface area contributed by atoms with Gasteiger partial charge in [-0.25, -0.2) is 0 Å². The van der Waals surface area contributed by atoms with Crippen LogP contribution in [0.25, 0.3) is 0 Å². The van der Waals surface area contributed by atoms with Gasteiger partial charge in [0, 0.05) is 10.2 Å². The lowest BCUT2D eigenvalue weighted by Gasteiger charge is -1.86. The first kappa shape index (κ1) is 15.7. The monoisotopic (exact) mass is 253 g/mol. The normalized spacial score (nSPS) is 10.7. The largest absolute Gasteiger partial charge is 0.344 e. The first-order valence-electron chi connectivity index (χ1n) is 1.47. The minimum Gasteiger partial charge on any atom is -0.344 e. The zero-order chi connectivity index (χ0) is 4.28. The SMILES string of the molecule is CC(Br)CBr.Cl.N. The summed E-state index contributed by atoms with van der Waals surface area (Å²) < 4.78 is 0. The smallest absolute Gasteiger partial charge is 0.0214 e. The van der Waals surface area contributed by atoms with Crippen molar-refractivity contribution < 1.29 is 0 Å². The highest BCUT2D eigenvalue weighted by Gasteiger charge is 1.84. The van der Waals surface area contributed by atoms with Crippen LogP contribution in [0.1, 0.15) is 6.92 Å². The molecule has 0 spiro atoms. The third-order valence-corrected chi connectivity index (χ3v) is 2.38. The minimum atomic E-state index is 0. The van der Waals surface area contributed by atoms with E-state index in [0.29, 0.717) is 4.83 Å². The van der Waals surface area contributed by atoms with Crippen LogP contribution in [-0.2, 0) is 0 Å². The molecule has 1 nitrogen and oxygen atoms in total. The van der Waals surface area contributed by atoms with E-state index >= 15 is 0 Å². The van der Waals surface area contributed by atoms with E-state index in [2.05, 4.69) is 38.8 Å². The summed E-state index contributed by atoms with van der Waals surface area (Å²) in [5, 5.41) is 1.03. The second-order valence-electron chi connectivity index (χ2n) is 0.935. The molecular weight excluding hydrogens is 245 g/mol. The van der Waals surface area contributed by atoms with Gasteiger partial charge in [-0.1, -0.05) is 38.8 Å². The summed E-state index contributed by atoms with van der Waals surface area (Å²) in [6, 6.07) is 0. The molecule has 0 saturated heterocycles. The molecule has 0 aromatic heterocycles. The Labute approximate surface area is 67.5 Å². The van der Waals surface area contributed by atoms with E-state index in [1.807, 2.05) is 0 Å². The van der Waals surface area contributed by atoms with E-state index in [-0.39, 0.29) is 18.6 Å². The second kappa shape index (κ2) is 10.2. The predicted octanol–water partition coefficient (Wildman–Crippen LogP) is 2.75. The Bertz CT molecular complexity index is 26.9. The molecule has 1 unspecified atom stereocenters. The van der Waals surface area contributed by atoms with Crippen LogP contribution in [0.5, 0.6) is 0 Å². The third kappa shape index (κ3) is 19.0. The van der Waals surface area contributed by atoms with Crippen LogP contribution < -0.4 is 6.15 Å². The first-order valence-corrected chi connectivity index (χ1v) is 3.51. The molecule has 3 N–H and O–H groups in total. The van der Waals surface area contributed by atoms with Crippen LogP contribution in [0.3, 0.4) is 0 Å². The molecule has 0 amide bonds. The maximum absolute atomic E-state index is 3.33. The summed E-state index contributed by atoms with van der Waals surface area (Å²) in [5.41, 5.74) is 0. The Morgan fingerprint density at radius 2 is 1.71 bits per heavy atom. The van der Waals surface area contributed by atoms with Crippen LogP contribution >= 0.6 is 44.3 Å². The van der Waals surface area contributed by atoms with Gasteiger partial charge < -0.3 is 6.15 Å². The molecule has 0 heterocycles. The van der Waals surface area contributed by atoms with Crippen LogP contribution in [0, 0.1) is 0 Å². The average molecular weight is 255 g/mol. The van der Waals surface area contributed by atoms with Crippen molar-refractivity contribution in [2.45, 2.75) is 11.8 Å². The lowest BCUT2D eigenvalue weighted by Crippen LogP contribution is -1.85. The molecule has 0 rings (SSSR count). The van der Waals surface area contributed by atoms with Gasteiger partial charge in [-0.2, -0.15) is 0 Å². The van der Waals surface area contributed by atoms with Gasteiger partial charge in [0.25, 0.3) is 0 Å². The number of rotatable bonds is 1. The van der Waals surface area contributed by atoms with E-state index in [9.17, 15) is 0 Å². The van der Waals surface area contributed by atoms with Crippen molar-refractivity contribution in [1.82, 2.24) is 6.15 Å². The summed E-state index contributed by atoms with van der Waals surface area (Å²) in [5.74, 6) is 0. The Morgan fingerprint density at radius 1 is 1.57 bits per heavy atom. The summed E-state index contributed by atoms with van der Waals surface area (Å²) in [4.78, 5) is 0.613. The fourth-order valence-corrected chi connectivity index (χ4v) is 0. The van der Waals surface area contributed by atoms with Gasteiger partial charge in [-0.05, 0) is 0 Å². The van der Waals surface area contributed by atoms with E-state index in [0.717, 1.165) is 5.33 Å². The molecule has 0 aromatic rings. The molecule has 0 bridgehead atoms. The minimum absolute atomic E-state index is 0. The van der Waals surface area contributed by atoms with Crippen molar-refractivity contribution in [2.24, 2.45) is 0 Å². The highest BCUT2D eigenvalue weighted by molar-refractivity contribution is 9.12. The maximum atomic E-state index is 3.33. The van der Waals surface area contributed by atoms with E-state index < -0.39 is 0 Å². The molecular formula is C3H10Br2ClN. The molecule has 48 valence electrons. The molecule has 0 radical (unpaired) electrons. The van der Waals surface area contributed by atoms with Crippen LogP contribution in [-0.4, -0.2) is 10.2 Å². The highest BCUT2D eigenvalue weighted by atomic mass is 79.9. The number of halogens is 3. The van der Waals surface area contributed by atoms with Crippen molar-refractivity contribution in [2.75, 3.05) is 5.33 Å². The fourth-order valence-electron chi connectivity index (χ4n) is 0. The number of alkyl halides is 2. The predicted molar refractivity (Wildman–Crippen MR) is 44.5 cm³/mol. The lowest BCUT2D eigenvalue weighted by atomic mass is 10.6. The summed E-state index contributed by atoms with van der Waals surface area (Å²) >= 11 is 6.59. The first-order chi connectivity index (χ1) is 2.27. The van der Waals surface area contributed by atoms with E-state index in [4.69, 9.17) is 0 Å². The molecule has 0 fully saturated rings. The molecule has 0 aliphatic heterocycles. The summed E-state index contributed by atoms with van der Waals surface area (Å²) in [6.07, 6.45) is 0. The third-order valence-electron chi connectivity index (χ3n) is 0.213. The molecule has 0 aromatic carbocycles. The Morgan fingerprint density at radius 3 is 1.71 bits per heavy atom. The van der Waals surface area contributed by atoms with Crippen LogP contribution in [0.4, 0.5) is 0 Å².